The zero-order valence-corrected chi connectivity index (χ0v) is 18.1. The summed E-state index contributed by atoms with van der Waals surface area (Å²) in [6, 6.07) is 21.1. The van der Waals surface area contributed by atoms with Gasteiger partial charge in [0.15, 0.2) is 0 Å². The number of pyridine rings is 2. The highest BCUT2D eigenvalue weighted by Gasteiger charge is 2.43. The van der Waals surface area contributed by atoms with Gasteiger partial charge >= 0.3 is 0 Å². The summed E-state index contributed by atoms with van der Waals surface area (Å²) in [5.74, 6) is 0.0749. The molecule has 0 saturated heterocycles. The molecule has 0 bridgehead atoms. The topological polar surface area (TPSA) is 84.0 Å². The Hall–Kier alpha value is -4.06. The van der Waals surface area contributed by atoms with E-state index in [2.05, 4.69) is 20.6 Å². The molecule has 0 radical (unpaired) electrons. The first-order chi connectivity index (χ1) is 16.2. The zero-order valence-electron chi connectivity index (χ0n) is 18.1. The maximum Gasteiger partial charge on any atom is 0.251 e. The third-order valence-electron chi connectivity index (χ3n) is 6.03. The smallest absolute Gasteiger partial charge is 0.251 e. The van der Waals surface area contributed by atoms with Crippen LogP contribution in [0.25, 0.3) is 10.8 Å². The van der Waals surface area contributed by atoms with Gasteiger partial charge < -0.3 is 10.6 Å². The molecule has 2 amide bonds. The van der Waals surface area contributed by atoms with E-state index in [-0.39, 0.29) is 23.7 Å². The number of anilines is 1. The molecule has 1 aliphatic carbocycles. The van der Waals surface area contributed by atoms with Crippen molar-refractivity contribution in [3.8, 4) is 0 Å². The lowest BCUT2D eigenvalue weighted by molar-refractivity contribution is -0.117. The molecule has 164 valence electrons. The van der Waals surface area contributed by atoms with E-state index in [9.17, 15) is 9.59 Å². The van der Waals surface area contributed by atoms with Crippen LogP contribution >= 0.6 is 0 Å². The Morgan fingerprint density at radius 1 is 0.939 bits per heavy atom. The molecule has 6 heteroatoms. The minimum Gasteiger partial charge on any atom is -0.352 e. The maximum absolute atomic E-state index is 12.7. The molecule has 5 rings (SSSR count). The number of hydrogen-bond donors (Lipinski definition) is 2. The predicted octanol–water partition coefficient (Wildman–Crippen LogP) is 4.34. The van der Waals surface area contributed by atoms with Gasteiger partial charge in [0.2, 0.25) is 5.91 Å². The predicted molar refractivity (Wildman–Crippen MR) is 128 cm³/mol. The van der Waals surface area contributed by atoms with Gasteiger partial charge in [-0.2, -0.15) is 0 Å². The lowest BCUT2D eigenvalue weighted by Gasteiger charge is -2.08. The van der Waals surface area contributed by atoms with E-state index < -0.39 is 0 Å². The number of carbonyl (C=O) groups is 2. The molecule has 33 heavy (non-hydrogen) atoms. The summed E-state index contributed by atoms with van der Waals surface area (Å²) >= 11 is 0. The SMILES string of the molecule is O=C(NCCc1ccccn1)c1ccc([C@@H]2C[C@H]2C(=O)Nc2ccc3cnccc3c2)cc1. The second-order valence-electron chi connectivity index (χ2n) is 8.32. The minimum absolute atomic E-state index is 0.0322. The van der Waals surface area contributed by atoms with Gasteiger partial charge in [-0.25, -0.2) is 0 Å². The maximum atomic E-state index is 12.7. The third-order valence-corrected chi connectivity index (χ3v) is 6.03. The van der Waals surface area contributed by atoms with Gasteiger partial charge in [0.05, 0.1) is 0 Å². The Balaban J connectivity index is 1.14. The standard InChI is InChI=1S/C27H24N4O2/c32-26(30-14-11-22-3-1-2-12-29-22)19-6-4-18(5-7-19)24-16-25(24)27(33)31-23-9-8-21-17-28-13-10-20(21)15-23/h1-10,12-13,15,17,24-25H,11,14,16H2,(H,30,32)(H,31,33)/t24-,25+/m0/s1. The molecule has 0 aliphatic heterocycles. The van der Waals surface area contributed by atoms with Gasteiger partial charge in [0, 0.05) is 59.8 Å². The number of nitrogens with zero attached hydrogens (tertiary/aromatic N) is 2. The van der Waals surface area contributed by atoms with Gasteiger partial charge in [-0.05, 0) is 65.8 Å². The summed E-state index contributed by atoms with van der Waals surface area (Å²) in [7, 11) is 0. The molecule has 2 N–H and O–H groups in total. The van der Waals surface area contributed by atoms with Crippen molar-refractivity contribution < 1.29 is 9.59 Å². The van der Waals surface area contributed by atoms with Crippen LogP contribution in [0.2, 0.25) is 0 Å². The number of nitrogens with one attached hydrogen (secondary N) is 2. The second kappa shape index (κ2) is 9.20. The fourth-order valence-electron chi connectivity index (χ4n) is 4.08. The Bertz CT molecular complexity index is 1290. The zero-order chi connectivity index (χ0) is 22.6. The molecular weight excluding hydrogens is 412 g/mol. The summed E-state index contributed by atoms with van der Waals surface area (Å²) in [6.07, 6.45) is 6.81. The lowest BCUT2D eigenvalue weighted by atomic mass is 10.1. The highest BCUT2D eigenvalue weighted by molar-refractivity contribution is 5.97. The molecule has 2 aromatic heterocycles. The summed E-state index contributed by atoms with van der Waals surface area (Å²) in [5, 5.41) is 8.05. The van der Waals surface area contributed by atoms with Crippen LogP contribution in [0.15, 0.2) is 85.3 Å². The van der Waals surface area contributed by atoms with E-state index in [0.717, 1.165) is 34.1 Å². The second-order valence-corrected chi connectivity index (χ2v) is 8.32. The highest BCUT2D eigenvalue weighted by atomic mass is 16.2. The Kier molecular flexibility index (Phi) is 5.81. The van der Waals surface area contributed by atoms with Crippen LogP contribution in [0, 0.1) is 5.92 Å². The van der Waals surface area contributed by atoms with Crippen molar-refractivity contribution in [1.82, 2.24) is 15.3 Å². The number of carbonyl (C=O) groups excluding carboxylic acids is 2. The van der Waals surface area contributed by atoms with Crippen LogP contribution in [0.5, 0.6) is 0 Å². The van der Waals surface area contributed by atoms with Crippen molar-refractivity contribution in [2.75, 3.05) is 11.9 Å². The lowest BCUT2D eigenvalue weighted by Crippen LogP contribution is -2.25. The van der Waals surface area contributed by atoms with Gasteiger partial charge in [-0.3, -0.25) is 19.6 Å². The summed E-state index contributed by atoms with van der Waals surface area (Å²) in [4.78, 5) is 33.5. The van der Waals surface area contributed by atoms with Crippen molar-refractivity contribution in [3.63, 3.8) is 0 Å². The fraction of sp³-hybridized carbons (Fsp3) is 0.185. The van der Waals surface area contributed by atoms with Crippen molar-refractivity contribution >= 4 is 28.3 Å². The molecule has 6 nitrogen and oxygen atoms in total. The van der Waals surface area contributed by atoms with Gasteiger partial charge in [0.25, 0.3) is 5.91 Å². The van der Waals surface area contributed by atoms with Crippen LogP contribution in [0.3, 0.4) is 0 Å². The molecule has 4 aromatic rings. The van der Waals surface area contributed by atoms with Crippen LogP contribution < -0.4 is 10.6 Å². The summed E-state index contributed by atoms with van der Waals surface area (Å²) in [5.41, 5.74) is 3.45. The van der Waals surface area contributed by atoms with E-state index in [4.69, 9.17) is 0 Å². The molecule has 1 saturated carbocycles. The average Bonchev–Trinajstić information content (AvgIpc) is 3.66. The van der Waals surface area contributed by atoms with Gasteiger partial charge in [-0.1, -0.05) is 24.3 Å². The van der Waals surface area contributed by atoms with Crippen molar-refractivity contribution in [2.45, 2.75) is 18.8 Å². The first-order valence-corrected chi connectivity index (χ1v) is 11.1. The van der Waals surface area contributed by atoms with Crippen molar-refractivity contribution in [2.24, 2.45) is 5.92 Å². The molecule has 2 atom stereocenters. The minimum atomic E-state index is -0.103. The molecular formula is C27H24N4O2. The van der Waals surface area contributed by atoms with E-state index in [1.165, 1.54) is 0 Å². The Morgan fingerprint density at radius 3 is 2.64 bits per heavy atom. The van der Waals surface area contributed by atoms with E-state index in [1.807, 2.05) is 72.9 Å². The number of amides is 2. The van der Waals surface area contributed by atoms with Crippen LogP contribution in [0.1, 0.15) is 34.0 Å². The Morgan fingerprint density at radius 2 is 1.82 bits per heavy atom. The normalized spacial score (nSPS) is 16.8. The summed E-state index contributed by atoms with van der Waals surface area (Å²) < 4.78 is 0. The van der Waals surface area contributed by atoms with Crippen LogP contribution in [-0.4, -0.2) is 28.3 Å². The molecule has 1 fully saturated rings. The number of hydrogen-bond acceptors (Lipinski definition) is 4. The van der Waals surface area contributed by atoms with Crippen LogP contribution in [0.4, 0.5) is 5.69 Å². The quantitative estimate of drug-likeness (QED) is 0.451. The summed E-state index contributed by atoms with van der Waals surface area (Å²) in [6.45, 7) is 0.535. The third kappa shape index (κ3) is 4.90. The number of aromatic nitrogens is 2. The number of fused-ring (bicyclic) bond motifs is 1. The molecule has 2 aromatic carbocycles. The number of benzene rings is 2. The molecule has 2 heterocycles. The first kappa shape index (κ1) is 20.8. The van der Waals surface area contributed by atoms with Crippen LogP contribution in [-0.2, 0) is 11.2 Å². The first-order valence-electron chi connectivity index (χ1n) is 11.1. The van der Waals surface area contributed by atoms with E-state index in [1.54, 1.807) is 12.4 Å². The van der Waals surface area contributed by atoms with Gasteiger partial charge in [0.1, 0.15) is 0 Å². The van der Waals surface area contributed by atoms with Gasteiger partial charge in [-0.15, -0.1) is 0 Å². The van der Waals surface area contributed by atoms with E-state index >= 15 is 0 Å². The molecule has 0 unspecified atom stereocenters. The van der Waals surface area contributed by atoms with Crippen molar-refractivity contribution in [3.05, 3.63) is 102 Å². The highest BCUT2D eigenvalue weighted by Crippen LogP contribution is 2.48. The molecule has 1 aliphatic rings. The average molecular weight is 437 g/mol. The Labute approximate surface area is 192 Å². The fourth-order valence-corrected chi connectivity index (χ4v) is 4.08. The molecule has 0 spiro atoms. The monoisotopic (exact) mass is 436 g/mol. The largest absolute Gasteiger partial charge is 0.352 e. The van der Waals surface area contributed by atoms with Crippen molar-refractivity contribution in [1.29, 1.82) is 0 Å². The van der Waals surface area contributed by atoms with E-state index in [0.29, 0.717) is 18.5 Å². The number of rotatable bonds is 7.